The number of carbonyl (C=O) groups excluding carboxylic acids is 3. The fraction of sp³-hybridized carbons (Fsp3) is 0.880. The molecule has 6 heteroatoms. The molecule has 1 atom stereocenters. The minimum Gasteiger partial charge on any atom is -0.462 e. The molecule has 0 aliphatic heterocycles. The largest absolute Gasteiger partial charge is 0.462 e. The van der Waals surface area contributed by atoms with Crippen LogP contribution in [-0.2, 0) is 28.6 Å². The number of esters is 3. The van der Waals surface area contributed by atoms with Crippen LogP contribution >= 0.6 is 0 Å². The Kier molecular flexibility index (Phi) is 68.1. The highest BCUT2D eigenvalue weighted by Gasteiger charge is 2.19. The van der Waals surface area contributed by atoms with Gasteiger partial charge in [0.1, 0.15) is 13.2 Å². The van der Waals surface area contributed by atoms with Gasteiger partial charge >= 0.3 is 17.9 Å². The second-order valence-corrected chi connectivity index (χ2v) is 24.9. The summed E-state index contributed by atoms with van der Waals surface area (Å²) in [6.45, 7) is 6.64. The summed E-state index contributed by atoms with van der Waals surface area (Å²) in [5, 5.41) is 0. The summed E-state index contributed by atoms with van der Waals surface area (Å²) < 4.78 is 16.9. The van der Waals surface area contributed by atoms with Gasteiger partial charge in [-0.05, 0) is 70.6 Å². The summed E-state index contributed by atoms with van der Waals surface area (Å²) in [5.41, 5.74) is 0. The molecule has 0 aromatic carbocycles. The molecule has 0 saturated heterocycles. The zero-order valence-corrected chi connectivity index (χ0v) is 54.8. The van der Waals surface area contributed by atoms with Crippen LogP contribution in [0.5, 0.6) is 0 Å². The quantitative estimate of drug-likeness (QED) is 0.0261. The van der Waals surface area contributed by atoms with Crippen molar-refractivity contribution in [1.29, 1.82) is 0 Å². The number of unbranched alkanes of at least 4 members (excludes halogenated alkanes) is 51. The van der Waals surface area contributed by atoms with Gasteiger partial charge in [-0.2, -0.15) is 0 Å². The van der Waals surface area contributed by atoms with Crippen molar-refractivity contribution in [2.45, 2.75) is 412 Å². The molecule has 0 rings (SSSR count). The van der Waals surface area contributed by atoms with E-state index in [2.05, 4.69) is 57.2 Å². The Morgan fingerprint density at radius 3 is 0.728 bits per heavy atom. The number of hydrogen-bond donors (Lipinski definition) is 0. The zero-order chi connectivity index (χ0) is 58.5. The summed E-state index contributed by atoms with van der Waals surface area (Å²) in [6.07, 6.45) is 87.8. The molecule has 0 fully saturated rings. The Morgan fingerprint density at radius 1 is 0.247 bits per heavy atom. The number of rotatable bonds is 68. The third-order valence-corrected chi connectivity index (χ3v) is 16.6. The minimum absolute atomic E-state index is 0.0765. The SMILES string of the molecule is CCCC/C=C\C/C=C\CCCCCCCC(=O)OC(COC(=O)CCCCCCC/C=C\CCCCCCC)COC(=O)CCCCCCCCCCCCCCCCCCCCCCCCCCCCCCCCCCCCC. The zero-order valence-electron chi connectivity index (χ0n) is 54.8. The average Bonchev–Trinajstić information content (AvgIpc) is 3.47. The lowest BCUT2D eigenvalue weighted by Gasteiger charge is -2.18. The molecular weight excluding hydrogens is 997 g/mol. The third kappa shape index (κ3) is 68.3. The van der Waals surface area contributed by atoms with Crippen molar-refractivity contribution in [2.24, 2.45) is 0 Å². The fourth-order valence-electron chi connectivity index (χ4n) is 11.1. The van der Waals surface area contributed by atoms with E-state index in [1.165, 1.54) is 276 Å². The Morgan fingerprint density at radius 2 is 0.457 bits per heavy atom. The number of carbonyl (C=O) groups is 3. The summed E-state index contributed by atoms with van der Waals surface area (Å²) >= 11 is 0. The van der Waals surface area contributed by atoms with Crippen LogP contribution in [0, 0.1) is 0 Å². The van der Waals surface area contributed by atoms with Crippen molar-refractivity contribution in [1.82, 2.24) is 0 Å². The Labute approximate surface area is 506 Å². The van der Waals surface area contributed by atoms with E-state index in [0.29, 0.717) is 19.3 Å². The van der Waals surface area contributed by atoms with Crippen LogP contribution in [0.3, 0.4) is 0 Å². The second kappa shape index (κ2) is 70.1. The van der Waals surface area contributed by atoms with Crippen LogP contribution in [0.15, 0.2) is 36.5 Å². The van der Waals surface area contributed by atoms with Crippen molar-refractivity contribution in [3.05, 3.63) is 36.5 Å². The van der Waals surface area contributed by atoms with E-state index in [-0.39, 0.29) is 31.1 Å². The Hall–Kier alpha value is -2.37. The van der Waals surface area contributed by atoms with E-state index in [1.807, 2.05) is 0 Å². The first-order valence-electron chi connectivity index (χ1n) is 36.5. The van der Waals surface area contributed by atoms with E-state index in [0.717, 1.165) is 89.9 Å². The molecule has 6 nitrogen and oxygen atoms in total. The topological polar surface area (TPSA) is 78.9 Å². The van der Waals surface area contributed by atoms with E-state index < -0.39 is 6.10 Å². The summed E-state index contributed by atoms with van der Waals surface area (Å²) in [4.78, 5) is 38.3. The lowest BCUT2D eigenvalue weighted by molar-refractivity contribution is -0.167. The lowest BCUT2D eigenvalue weighted by Crippen LogP contribution is -2.30. The van der Waals surface area contributed by atoms with Crippen LogP contribution in [0.2, 0.25) is 0 Å². The predicted molar refractivity (Wildman–Crippen MR) is 353 cm³/mol. The molecule has 0 bridgehead atoms. The second-order valence-electron chi connectivity index (χ2n) is 24.9. The molecule has 0 amide bonds. The van der Waals surface area contributed by atoms with Gasteiger partial charge in [0.15, 0.2) is 6.10 Å². The van der Waals surface area contributed by atoms with Gasteiger partial charge in [0.05, 0.1) is 0 Å². The van der Waals surface area contributed by atoms with Crippen LogP contribution < -0.4 is 0 Å². The molecule has 0 spiro atoms. The van der Waals surface area contributed by atoms with Gasteiger partial charge in [0.25, 0.3) is 0 Å². The first-order chi connectivity index (χ1) is 40.0. The highest BCUT2D eigenvalue weighted by atomic mass is 16.6. The van der Waals surface area contributed by atoms with Crippen molar-refractivity contribution >= 4 is 17.9 Å². The van der Waals surface area contributed by atoms with Gasteiger partial charge in [0.2, 0.25) is 0 Å². The minimum atomic E-state index is -0.781. The van der Waals surface area contributed by atoms with Gasteiger partial charge in [-0.3, -0.25) is 14.4 Å². The molecular formula is C75H140O6. The molecule has 476 valence electrons. The molecule has 0 heterocycles. The van der Waals surface area contributed by atoms with Gasteiger partial charge < -0.3 is 14.2 Å². The Balaban J connectivity index is 4.04. The van der Waals surface area contributed by atoms with Gasteiger partial charge in [0, 0.05) is 19.3 Å². The van der Waals surface area contributed by atoms with Gasteiger partial charge in [-0.15, -0.1) is 0 Å². The van der Waals surface area contributed by atoms with Crippen LogP contribution in [-0.4, -0.2) is 37.2 Å². The summed E-state index contributed by atoms with van der Waals surface area (Å²) in [7, 11) is 0. The van der Waals surface area contributed by atoms with Crippen LogP contribution in [0.25, 0.3) is 0 Å². The molecule has 0 radical (unpaired) electrons. The standard InChI is InChI=1S/C75H140O6/c1-4-7-10-13-16-19-22-25-28-29-30-31-32-33-34-35-36-37-38-39-40-41-42-43-44-45-46-47-48-51-53-56-59-62-65-68-74(77)80-71-72(81-75(78)69-66-63-60-57-54-50-27-24-21-18-15-12-9-6-3)70-79-73(76)67-64-61-58-55-52-49-26-23-20-17-14-11-8-5-2/h15,18,23-24,26-27,72H,4-14,16-17,19-22,25,28-71H2,1-3H3/b18-15-,26-23-,27-24-. The molecule has 0 N–H and O–H groups in total. The summed E-state index contributed by atoms with van der Waals surface area (Å²) in [6, 6.07) is 0. The van der Waals surface area contributed by atoms with E-state index >= 15 is 0 Å². The summed E-state index contributed by atoms with van der Waals surface area (Å²) in [5.74, 6) is -0.876. The van der Waals surface area contributed by atoms with Crippen LogP contribution in [0.4, 0.5) is 0 Å². The highest BCUT2D eigenvalue weighted by Crippen LogP contribution is 2.19. The number of ether oxygens (including phenoxy) is 3. The van der Waals surface area contributed by atoms with Crippen LogP contribution in [0.1, 0.15) is 406 Å². The molecule has 0 aliphatic carbocycles. The van der Waals surface area contributed by atoms with Crippen molar-refractivity contribution in [2.75, 3.05) is 13.2 Å². The van der Waals surface area contributed by atoms with Gasteiger partial charge in [-0.1, -0.05) is 353 Å². The molecule has 0 saturated carbocycles. The molecule has 81 heavy (non-hydrogen) atoms. The fourth-order valence-corrected chi connectivity index (χ4v) is 11.1. The molecule has 0 aromatic heterocycles. The maximum Gasteiger partial charge on any atom is 0.306 e. The van der Waals surface area contributed by atoms with Gasteiger partial charge in [-0.25, -0.2) is 0 Å². The smallest absolute Gasteiger partial charge is 0.306 e. The van der Waals surface area contributed by atoms with E-state index in [9.17, 15) is 14.4 Å². The highest BCUT2D eigenvalue weighted by molar-refractivity contribution is 5.71. The average molecular weight is 1140 g/mol. The number of allylic oxidation sites excluding steroid dienone is 6. The lowest BCUT2D eigenvalue weighted by atomic mass is 10.0. The molecule has 1 unspecified atom stereocenters. The van der Waals surface area contributed by atoms with E-state index in [1.54, 1.807) is 0 Å². The van der Waals surface area contributed by atoms with Crippen molar-refractivity contribution in [3.8, 4) is 0 Å². The van der Waals surface area contributed by atoms with Crippen molar-refractivity contribution < 1.29 is 28.6 Å². The predicted octanol–water partition coefficient (Wildman–Crippen LogP) is 25.1. The van der Waals surface area contributed by atoms with Crippen molar-refractivity contribution in [3.63, 3.8) is 0 Å². The maximum atomic E-state index is 12.9. The monoisotopic (exact) mass is 1140 g/mol. The molecule has 0 aliphatic rings. The Bertz CT molecular complexity index is 1350. The maximum absolute atomic E-state index is 12.9. The number of hydrogen-bond acceptors (Lipinski definition) is 6. The normalized spacial score (nSPS) is 12.2. The first-order valence-corrected chi connectivity index (χ1v) is 36.5. The third-order valence-electron chi connectivity index (χ3n) is 16.6. The van der Waals surface area contributed by atoms with E-state index in [4.69, 9.17) is 14.2 Å². The first kappa shape index (κ1) is 78.6. The molecule has 0 aromatic rings.